The van der Waals surface area contributed by atoms with Gasteiger partial charge in [0.1, 0.15) is 6.07 Å². The molecule has 6 nitrogen and oxygen atoms in total. The van der Waals surface area contributed by atoms with Gasteiger partial charge in [-0.25, -0.2) is 0 Å². The van der Waals surface area contributed by atoms with Crippen LogP contribution in [-0.4, -0.2) is 24.4 Å². The Morgan fingerprint density at radius 1 is 1.43 bits per heavy atom. The average Bonchev–Trinajstić information content (AvgIpc) is 2.44. The fraction of sp³-hybridized carbons (Fsp3) is 0.357. The van der Waals surface area contributed by atoms with Crippen LogP contribution in [0.25, 0.3) is 0 Å². The van der Waals surface area contributed by atoms with Crippen LogP contribution in [0.2, 0.25) is 5.02 Å². The topological polar surface area (TPSA) is 108 Å². The maximum Gasteiger partial charge on any atom is 0.243 e. The number of amides is 2. The minimum Gasteiger partial charge on any atom is -0.346 e. The van der Waals surface area contributed by atoms with Crippen molar-refractivity contribution >= 4 is 29.1 Å². The molecule has 1 aromatic rings. The first-order valence-corrected chi connectivity index (χ1v) is 6.75. The second-order valence-corrected chi connectivity index (χ2v) is 5.27. The van der Waals surface area contributed by atoms with Crippen molar-refractivity contribution in [2.45, 2.75) is 19.9 Å². The van der Waals surface area contributed by atoms with Gasteiger partial charge in [0.25, 0.3) is 0 Å². The van der Waals surface area contributed by atoms with Crippen LogP contribution in [0.4, 0.5) is 5.69 Å². The fourth-order valence-corrected chi connectivity index (χ4v) is 1.67. The van der Waals surface area contributed by atoms with E-state index in [0.717, 1.165) is 0 Å². The molecule has 0 fully saturated rings. The van der Waals surface area contributed by atoms with Crippen molar-refractivity contribution < 1.29 is 9.59 Å². The number of hydrogen-bond acceptors (Lipinski definition) is 4. The predicted octanol–water partition coefficient (Wildman–Crippen LogP) is 1.25. The average molecular weight is 309 g/mol. The molecule has 0 spiro atoms. The summed E-state index contributed by atoms with van der Waals surface area (Å²) in [5.74, 6) is -0.879. The van der Waals surface area contributed by atoms with E-state index in [1.54, 1.807) is 6.07 Å². The quantitative estimate of drug-likeness (QED) is 0.760. The number of carbonyl (C=O) groups is 2. The normalized spacial score (nSPS) is 11.6. The minimum absolute atomic E-state index is 0.0221. The molecular formula is C14H17ClN4O2. The highest BCUT2D eigenvalue weighted by molar-refractivity contribution is 6.31. The molecule has 0 bridgehead atoms. The molecular weight excluding hydrogens is 292 g/mol. The van der Waals surface area contributed by atoms with Gasteiger partial charge in [0.05, 0.1) is 23.8 Å². The lowest BCUT2D eigenvalue weighted by Crippen LogP contribution is -2.46. The van der Waals surface area contributed by atoms with Gasteiger partial charge in [0.15, 0.2) is 0 Å². The Labute approximate surface area is 128 Å². The monoisotopic (exact) mass is 308 g/mol. The molecule has 2 amide bonds. The molecule has 4 N–H and O–H groups in total. The van der Waals surface area contributed by atoms with E-state index in [2.05, 4.69) is 10.6 Å². The van der Waals surface area contributed by atoms with Crippen LogP contribution < -0.4 is 16.4 Å². The minimum atomic E-state index is -0.668. The van der Waals surface area contributed by atoms with Crippen molar-refractivity contribution in [2.75, 3.05) is 11.9 Å². The molecule has 112 valence electrons. The molecule has 0 aliphatic heterocycles. The standard InChI is InChI=1S/C14H17ClN4O2/c1-8(2)13(17)14(21)18-7-12(20)19-11-5-10(15)4-3-9(11)6-16/h3-5,8,13H,7,17H2,1-2H3,(H,18,21)(H,19,20)/t13-/m0/s1. The number of nitrogens with one attached hydrogen (secondary N) is 2. The van der Waals surface area contributed by atoms with Crippen molar-refractivity contribution in [2.24, 2.45) is 11.7 Å². The van der Waals surface area contributed by atoms with Crippen LogP contribution in [-0.2, 0) is 9.59 Å². The number of nitriles is 1. The largest absolute Gasteiger partial charge is 0.346 e. The van der Waals surface area contributed by atoms with Crippen LogP contribution in [0.3, 0.4) is 0 Å². The predicted molar refractivity (Wildman–Crippen MR) is 80.6 cm³/mol. The smallest absolute Gasteiger partial charge is 0.243 e. The van der Waals surface area contributed by atoms with Crippen molar-refractivity contribution in [1.82, 2.24) is 5.32 Å². The number of nitrogens with zero attached hydrogens (tertiary/aromatic N) is 1. The Hall–Kier alpha value is -2.10. The number of nitrogens with two attached hydrogens (primary N) is 1. The number of benzene rings is 1. The number of hydrogen-bond donors (Lipinski definition) is 3. The first-order chi connectivity index (χ1) is 9.85. The zero-order chi connectivity index (χ0) is 16.0. The summed E-state index contributed by atoms with van der Waals surface area (Å²) in [5.41, 5.74) is 6.25. The van der Waals surface area contributed by atoms with E-state index in [4.69, 9.17) is 22.6 Å². The maximum atomic E-state index is 11.8. The summed E-state index contributed by atoms with van der Waals surface area (Å²) >= 11 is 5.81. The zero-order valence-electron chi connectivity index (χ0n) is 11.8. The lowest BCUT2D eigenvalue weighted by atomic mass is 10.1. The van der Waals surface area contributed by atoms with Crippen LogP contribution >= 0.6 is 11.6 Å². The molecule has 7 heteroatoms. The second kappa shape index (κ2) is 7.62. The third kappa shape index (κ3) is 5.06. The molecule has 0 aliphatic carbocycles. The van der Waals surface area contributed by atoms with Gasteiger partial charge in [-0.05, 0) is 24.1 Å². The van der Waals surface area contributed by atoms with Gasteiger partial charge in [0.2, 0.25) is 11.8 Å². The Morgan fingerprint density at radius 3 is 2.67 bits per heavy atom. The molecule has 1 aromatic carbocycles. The molecule has 0 radical (unpaired) electrons. The number of rotatable bonds is 5. The highest BCUT2D eigenvalue weighted by Crippen LogP contribution is 2.20. The van der Waals surface area contributed by atoms with Crippen molar-refractivity contribution in [3.05, 3.63) is 28.8 Å². The first kappa shape index (κ1) is 17.0. The van der Waals surface area contributed by atoms with Gasteiger partial charge in [-0.3, -0.25) is 9.59 Å². The summed E-state index contributed by atoms with van der Waals surface area (Å²) in [7, 11) is 0. The number of anilines is 1. The van der Waals surface area contributed by atoms with E-state index in [-0.39, 0.29) is 18.0 Å². The van der Waals surface area contributed by atoms with E-state index in [1.807, 2.05) is 19.9 Å². The lowest BCUT2D eigenvalue weighted by molar-refractivity contribution is -0.125. The summed E-state index contributed by atoms with van der Waals surface area (Å²) in [4.78, 5) is 23.4. The summed E-state index contributed by atoms with van der Waals surface area (Å²) in [6.07, 6.45) is 0. The summed E-state index contributed by atoms with van der Waals surface area (Å²) in [6, 6.07) is 5.81. The van der Waals surface area contributed by atoms with Crippen LogP contribution in [0.1, 0.15) is 19.4 Å². The summed E-state index contributed by atoms with van der Waals surface area (Å²) < 4.78 is 0. The van der Waals surface area contributed by atoms with E-state index in [1.165, 1.54) is 12.1 Å². The van der Waals surface area contributed by atoms with Gasteiger partial charge in [-0.15, -0.1) is 0 Å². The van der Waals surface area contributed by atoms with Crippen molar-refractivity contribution in [3.8, 4) is 6.07 Å². The molecule has 21 heavy (non-hydrogen) atoms. The second-order valence-electron chi connectivity index (χ2n) is 4.84. The maximum absolute atomic E-state index is 11.8. The third-order valence-corrected chi connectivity index (χ3v) is 3.06. The van der Waals surface area contributed by atoms with Gasteiger partial charge in [-0.2, -0.15) is 5.26 Å². The highest BCUT2D eigenvalue weighted by atomic mass is 35.5. The Bertz CT molecular complexity index is 581. The Morgan fingerprint density at radius 2 is 2.10 bits per heavy atom. The zero-order valence-corrected chi connectivity index (χ0v) is 12.6. The summed E-state index contributed by atoms with van der Waals surface area (Å²) in [5, 5.41) is 14.3. The number of carbonyl (C=O) groups excluding carboxylic acids is 2. The van der Waals surface area contributed by atoms with Gasteiger partial charge in [-0.1, -0.05) is 25.4 Å². The third-order valence-electron chi connectivity index (χ3n) is 2.82. The lowest BCUT2D eigenvalue weighted by Gasteiger charge is -2.15. The molecule has 1 rings (SSSR count). The Kier molecular flexibility index (Phi) is 6.15. The number of halogens is 1. The van der Waals surface area contributed by atoms with E-state index in [0.29, 0.717) is 10.7 Å². The summed E-state index contributed by atoms with van der Waals surface area (Å²) in [6.45, 7) is 3.40. The van der Waals surface area contributed by atoms with Crippen LogP contribution in [0.5, 0.6) is 0 Å². The molecule has 0 saturated heterocycles. The van der Waals surface area contributed by atoms with E-state index >= 15 is 0 Å². The van der Waals surface area contributed by atoms with Crippen molar-refractivity contribution in [3.63, 3.8) is 0 Å². The fourth-order valence-electron chi connectivity index (χ4n) is 1.50. The Balaban J connectivity index is 2.61. The van der Waals surface area contributed by atoms with Gasteiger partial charge < -0.3 is 16.4 Å². The molecule has 0 aromatic heterocycles. The molecule has 0 saturated carbocycles. The molecule has 0 aliphatic rings. The van der Waals surface area contributed by atoms with Gasteiger partial charge in [0, 0.05) is 5.02 Å². The van der Waals surface area contributed by atoms with Crippen LogP contribution in [0.15, 0.2) is 18.2 Å². The van der Waals surface area contributed by atoms with Crippen molar-refractivity contribution in [1.29, 1.82) is 5.26 Å². The van der Waals surface area contributed by atoms with Crippen LogP contribution in [0, 0.1) is 17.2 Å². The first-order valence-electron chi connectivity index (χ1n) is 6.38. The SMILES string of the molecule is CC(C)[C@H](N)C(=O)NCC(=O)Nc1cc(Cl)ccc1C#N. The molecule has 0 unspecified atom stereocenters. The molecule has 1 atom stereocenters. The van der Waals surface area contributed by atoms with E-state index < -0.39 is 17.9 Å². The molecule has 0 heterocycles. The van der Waals surface area contributed by atoms with Gasteiger partial charge >= 0.3 is 0 Å². The van der Waals surface area contributed by atoms with E-state index in [9.17, 15) is 9.59 Å². The highest BCUT2D eigenvalue weighted by Gasteiger charge is 2.17.